The van der Waals surface area contributed by atoms with Crippen LogP contribution in [0.15, 0.2) is 21.7 Å². The molecule has 0 radical (unpaired) electrons. The molecule has 4 N–H and O–H groups in total. The molecule has 0 heterocycles. The highest BCUT2D eigenvalue weighted by molar-refractivity contribution is 9.10. The Morgan fingerprint density at radius 2 is 2.29 bits per heavy atom. The van der Waals surface area contributed by atoms with Crippen LogP contribution in [0.1, 0.15) is 0 Å². The molecule has 5 nitrogen and oxygen atoms in total. The molecular weight excluding hydrogens is 312 g/mol. The average Bonchev–Trinajstić information content (AvgIpc) is 2.25. The normalized spacial score (nSPS) is 10.8. The first-order valence-corrected chi connectivity index (χ1v) is 5.35. The van der Waals surface area contributed by atoms with Crippen LogP contribution >= 0.6 is 27.5 Å². The van der Waals surface area contributed by atoms with Gasteiger partial charge >= 0.3 is 0 Å². The fourth-order valence-corrected chi connectivity index (χ4v) is 1.48. The zero-order valence-electron chi connectivity index (χ0n) is 8.26. The van der Waals surface area contributed by atoms with Gasteiger partial charge in [0.05, 0.1) is 10.7 Å². The van der Waals surface area contributed by atoms with E-state index in [1.165, 1.54) is 6.07 Å². The molecule has 0 saturated heterocycles. The summed E-state index contributed by atoms with van der Waals surface area (Å²) in [6.07, 6.45) is 0. The number of amidine groups is 1. The molecule has 0 fully saturated rings. The maximum absolute atomic E-state index is 13.1. The first-order chi connectivity index (χ1) is 7.95. The Hall–Kier alpha value is -1.65. The molecule has 0 unspecified atom stereocenters. The number of hydrazone groups is 1. The minimum absolute atomic E-state index is 0.160. The standard InChI is InChI=1S/C9H6BrClFN5/c10-5-1-4(12)2-6(8(5)11)16-17-7(3-13)9(14)15/h1-2,16H,(H3,14,15)/b17-7+. The average molecular weight is 319 g/mol. The highest BCUT2D eigenvalue weighted by atomic mass is 79.9. The minimum atomic E-state index is -0.527. The Labute approximate surface area is 110 Å². The number of rotatable bonds is 3. The maximum atomic E-state index is 13.1. The van der Waals surface area contributed by atoms with Gasteiger partial charge in [-0.15, -0.1) is 0 Å². The van der Waals surface area contributed by atoms with Gasteiger partial charge in [-0.25, -0.2) is 4.39 Å². The van der Waals surface area contributed by atoms with Gasteiger partial charge in [-0.3, -0.25) is 10.8 Å². The van der Waals surface area contributed by atoms with Gasteiger partial charge in [-0.05, 0) is 22.0 Å². The molecule has 1 aromatic rings. The fourth-order valence-electron chi connectivity index (χ4n) is 0.899. The second-order valence-electron chi connectivity index (χ2n) is 2.85. The summed E-state index contributed by atoms with van der Waals surface area (Å²) in [5.74, 6) is -1.02. The van der Waals surface area contributed by atoms with E-state index in [9.17, 15) is 4.39 Å². The number of hydrogen-bond donors (Lipinski definition) is 3. The smallest absolute Gasteiger partial charge is 0.201 e. The topological polar surface area (TPSA) is 98.0 Å². The van der Waals surface area contributed by atoms with Gasteiger partial charge in [-0.1, -0.05) is 11.6 Å². The van der Waals surface area contributed by atoms with Crippen LogP contribution in [0, 0.1) is 22.6 Å². The summed E-state index contributed by atoms with van der Waals surface area (Å²) in [6, 6.07) is 3.90. The summed E-state index contributed by atoms with van der Waals surface area (Å²) < 4.78 is 13.4. The van der Waals surface area contributed by atoms with Gasteiger partial charge in [0.1, 0.15) is 11.9 Å². The highest BCUT2D eigenvalue weighted by Gasteiger charge is 2.08. The van der Waals surface area contributed by atoms with Gasteiger partial charge in [-0.2, -0.15) is 10.4 Å². The number of benzene rings is 1. The van der Waals surface area contributed by atoms with E-state index < -0.39 is 11.7 Å². The van der Waals surface area contributed by atoms with Gasteiger partial charge in [0, 0.05) is 10.5 Å². The fraction of sp³-hybridized carbons (Fsp3) is 0. The summed E-state index contributed by atoms with van der Waals surface area (Å²) in [5.41, 5.74) is 7.29. The Morgan fingerprint density at radius 1 is 1.65 bits per heavy atom. The Morgan fingerprint density at radius 3 is 2.82 bits per heavy atom. The van der Waals surface area contributed by atoms with Crippen LogP contribution in [-0.4, -0.2) is 11.5 Å². The van der Waals surface area contributed by atoms with E-state index in [2.05, 4.69) is 26.5 Å². The number of nitriles is 1. The lowest BCUT2D eigenvalue weighted by molar-refractivity contribution is 0.627. The van der Waals surface area contributed by atoms with E-state index in [4.69, 9.17) is 28.0 Å². The number of hydrogen-bond acceptors (Lipinski definition) is 4. The summed E-state index contributed by atoms with van der Waals surface area (Å²) in [6.45, 7) is 0. The third kappa shape index (κ3) is 3.41. The van der Waals surface area contributed by atoms with Crippen LogP contribution in [-0.2, 0) is 0 Å². The number of nitrogens with two attached hydrogens (primary N) is 1. The van der Waals surface area contributed by atoms with Crippen molar-refractivity contribution in [2.45, 2.75) is 0 Å². The lowest BCUT2D eigenvalue weighted by atomic mass is 10.3. The van der Waals surface area contributed by atoms with Crippen molar-refractivity contribution >= 4 is 44.8 Å². The molecular formula is C9H6BrClFN5. The quantitative estimate of drug-likeness (QED) is 0.345. The molecule has 0 aliphatic rings. The van der Waals surface area contributed by atoms with Crippen LogP contribution in [0.2, 0.25) is 5.02 Å². The van der Waals surface area contributed by atoms with Crippen LogP contribution in [0.25, 0.3) is 0 Å². The van der Waals surface area contributed by atoms with Crippen molar-refractivity contribution in [3.63, 3.8) is 0 Å². The molecule has 0 amide bonds. The van der Waals surface area contributed by atoms with Gasteiger partial charge in [0.2, 0.25) is 5.71 Å². The number of anilines is 1. The lowest BCUT2D eigenvalue weighted by Gasteiger charge is -2.05. The predicted molar refractivity (Wildman–Crippen MR) is 67.7 cm³/mol. The Bertz CT molecular complexity index is 537. The summed E-state index contributed by atoms with van der Waals surface area (Å²) in [5, 5.41) is 19.4. The van der Waals surface area contributed by atoms with Crippen LogP contribution in [0.3, 0.4) is 0 Å². The van der Waals surface area contributed by atoms with Gasteiger partial charge in [0.15, 0.2) is 5.84 Å². The Balaban J connectivity index is 3.05. The summed E-state index contributed by atoms with van der Waals surface area (Å²) >= 11 is 8.92. The first-order valence-electron chi connectivity index (χ1n) is 4.18. The van der Waals surface area contributed by atoms with Crippen molar-refractivity contribution < 1.29 is 4.39 Å². The summed E-state index contributed by atoms with van der Waals surface area (Å²) in [7, 11) is 0. The third-order valence-corrected chi connectivity index (χ3v) is 2.90. The lowest BCUT2D eigenvalue weighted by Crippen LogP contribution is -2.21. The molecule has 0 atom stereocenters. The molecule has 8 heteroatoms. The number of nitrogens with one attached hydrogen (secondary N) is 2. The first kappa shape index (κ1) is 13.4. The molecule has 17 heavy (non-hydrogen) atoms. The van der Waals surface area contributed by atoms with E-state index in [1.54, 1.807) is 6.07 Å². The van der Waals surface area contributed by atoms with Crippen molar-refractivity contribution in [1.82, 2.24) is 0 Å². The summed E-state index contributed by atoms with van der Waals surface area (Å²) in [4.78, 5) is 0. The molecule has 1 aromatic carbocycles. The van der Waals surface area contributed by atoms with Gasteiger partial charge in [0.25, 0.3) is 0 Å². The SMILES string of the molecule is N#C/C(=N\Nc1cc(F)cc(Br)c1Cl)C(=N)N. The van der Waals surface area contributed by atoms with Crippen molar-refractivity contribution in [2.24, 2.45) is 10.8 Å². The predicted octanol–water partition coefficient (Wildman–Crippen LogP) is 2.47. The molecule has 0 bridgehead atoms. The van der Waals surface area contributed by atoms with Crippen LogP contribution < -0.4 is 11.2 Å². The second-order valence-corrected chi connectivity index (χ2v) is 4.08. The van der Waals surface area contributed by atoms with E-state index >= 15 is 0 Å². The second kappa shape index (κ2) is 5.61. The number of nitrogens with zero attached hydrogens (tertiary/aromatic N) is 2. The minimum Gasteiger partial charge on any atom is -0.382 e. The van der Waals surface area contributed by atoms with Crippen LogP contribution in [0.4, 0.5) is 10.1 Å². The zero-order valence-corrected chi connectivity index (χ0v) is 10.6. The molecule has 1 rings (SSSR count). The van der Waals surface area contributed by atoms with Crippen molar-refractivity contribution in [3.8, 4) is 6.07 Å². The molecule has 0 spiro atoms. The highest BCUT2D eigenvalue weighted by Crippen LogP contribution is 2.31. The largest absolute Gasteiger partial charge is 0.382 e. The van der Waals surface area contributed by atoms with E-state index in [-0.39, 0.29) is 16.4 Å². The molecule has 0 aliphatic carbocycles. The number of halogens is 3. The van der Waals surface area contributed by atoms with Crippen LogP contribution in [0.5, 0.6) is 0 Å². The maximum Gasteiger partial charge on any atom is 0.201 e. The van der Waals surface area contributed by atoms with E-state index in [0.717, 1.165) is 6.07 Å². The molecule has 0 saturated carbocycles. The zero-order chi connectivity index (χ0) is 13.0. The third-order valence-electron chi connectivity index (χ3n) is 1.64. The Kier molecular flexibility index (Phi) is 4.43. The molecule has 88 valence electrons. The van der Waals surface area contributed by atoms with Crippen molar-refractivity contribution in [2.75, 3.05) is 5.43 Å². The molecule has 0 aromatic heterocycles. The van der Waals surface area contributed by atoms with E-state index in [1.807, 2.05) is 0 Å². The van der Waals surface area contributed by atoms with Gasteiger partial charge < -0.3 is 5.73 Å². The van der Waals surface area contributed by atoms with Crippen molar-refractivity contribution in [1.29, 1.82) is 10.7 Å². The van der Waals surface area contributed by atoms with Crippen molar-refractivity contribution in [3.05, 3.63) is 27.4 Å². The van der Waals surface area contributed by atoms with E-state index in [0.29, 0.717) is 4.47 Å². The monoisotopic (exact) mass is 317 g/mol. The molecule has 0 aliphatic heterocycles.